The van der Waals surface area contributed by atoms with E-state index in [2.05, 4.69) is 5.32 Å². The van der Waals surface area contributed by atoms with Gasteiger partial charge in [-0.15, -0.1) is 0 Å². The van der Waals surface area contributed by atoms with Gasteiger partial charge in [-0.3, -0.25) is 4.79 Å². The standard InChI is InChI=1S/C9H15NO2/c1-10-9(12)8-4-2-3-7(5-8)6-11/h6-8H,2-5H2,1H3,(H,10,12). The van der Waals surface area contributed by atoms with Gasteiger partial charge in [0.25, 0.3) is 0 Å². The van der Waals surface area contributed by atoms with Crippen molar-refractivity contribution >= 4 is 12.2 Å². The molecule has 0 bridgehead atoms. The molecule has 0 aromatic heterocycles. The van der Waals surface area contributed by atoms with Crippen molar-refractivity contribution < 1.29 is 9.59 Å². The normalized spacial score (nSPS) is 29.4. The van der Waals surface area contributed by atoms with Crippen molar-refractivity contribution in [1.29, 1.82) is 0 Å². The molecule has 3 heteroatoms. The summed E-state index contributed by atoms with van der Waals surface area (Å²) in [5.41, 5.74) is 0. The molecule has 1 N–H and O–H groups in total. The van der Waals surface area contributed by atoms with Crippen LogP contribution in [0.5, 0.6) is 0 Å². The first-order valence-electron chi connectivity index (χ1n) is 4.44. The third-order valence-electron chi connectivity index (χ3n) is 2.52. The van der Waals surface area contributed by atoms with Gasteiger partial charge in [0.15, 0.2) is 0 Å². The predicted octanol–water partition coefficient (Wildman–Crippen LogP) is 0.738. The van der Waals surface area contributed by atoms with Crippen LogP contribution >= 0.6 is 0 Å². The predicted molar refractivity (Wildman–Crippen MR) is 45.6 cm³/mol. The van der Waals surface area contributed by atoms with Crippen molar-refractivity contribution in [2.45, 2.75) is 25.7 Å². The van der Waals surface area contributed by atoms with Gasteiger partial charge in [-0.05, 0) is 19.3 Å². The first-order chi connectivity index (χ1) is 5.77. The molecule has 1 aliphatic rings. The number of hydrogen-bond donors (Lipinski definition) is 1. The summed E-state index contributed by atoms with van der Waals surface area (Å²) in [5, 5.41) is 2.62. The van der Waals surface area contributed by atoms with Crippen molar-refractivity contribution in [2.75, 3.05) is 7.05 Å². The largest absolute Gasteiger partial charge is 0.359 e. The topological polar surface area (TPSA) is 46.2 Å². The number of carbonyl (C=O) groups is 2. The van der Waals surface area contributed by atoms with Crippen LogP contribution in [0.1, 0.15) is 25.7 Å². The highest BCUT2D eigenvalue weighted by atomic mass is 16.1. The molecule has 0 radical (unpaired) electrons. The summed E-state index contributed by atoms with van der Waals surface area (Å²) in [6, 6.07) is 0. The Balaban J connectivity index is 2.45. The SMILES string of the molecule is CNC(=O)C1CCCC(C=O)C1. The highest BCUT2D eigenvalue weighted by molar-refractivity contribution is 5.78. The molecule has 1 fully saturated rings. The van der Waals surface area contributed by atoms with E-state index >= 15 is 0 Å². The van der Waals surface area contributed by atoms with Crippen LogP contribution in [0.2, 0.25) is 0 Å². The van der Waals surface area contributed by atoms with Crippen molar-refractivity contribution in [3.05, 3.63) is 0 Å². The van der Waals surface area contributed by atoms with Gasteiger partial charge in [-0.2, -0.15) is 0 Å². The van der Waals surface area contributed by atoms with Gasteiger partial charge in [0, 0.05) is 18.9 Å². The van der Waals surface area contributed by atoms with Crippen LogP contribution in [0.25, 0.3) is 0 Å². The number of carbonyl (C=O) groups excluding carboxylic acids is 2. The smallest absolute Gasteiger partial charge is 0.222 e. The van der Waals surface area contributed by atoms with E-state index in [0.717, 1.165) is 32.0 Å². The third-order valence-corrected chi connectivity index (χ3v) is 2.52. The molecule has 0 saturated heterocycles. The van der Waals surface area contributed by atoms with Crippen LogP contribution in [-0.4, -0.2) is 19.2 Å². The second kappa shape index (κ2) is 4.24. The molecular formula is C9H15NO2. The van der Waals surface area contributed by atoms with Crippen LogP contribution in [-0.2, 0) is 9.59 Å². The zero-order chi connectivity index (χ0) is 8.97. The molecular weight excluding hydrogens is 154 g/mol. The van der Waals surface area contributed by atoms with Gasteiger partial charge in [0.2, 0.25) is 5.91 Å². The average molecular weight is 169 g/mol. The van der Waals surface area contributed by atoms with Crippen molar-refractivity contribution in [1.82, 2.24) is 5.32 Å². The highest BCUT2D eigenvalue weighted by Crippen LogP contribution is 2.27. The second-order valence-corrected chi connectivity index (χ2v) is 3.37. The Labute approximate surface area is 72.5 Å². The fourth-order valence-electron chi connectivity index (χ4n) is 1.79. The minimum atomic E-state index is 0.0685. The zero-order valence-corrected chi connectivity index (χ0v) is 7.38. The summed E-state index contributed by atoms with van der Waals surface area (Å²) in [6.45, 7) is 0. The fourth-order valence-corrected chi connectivity index (χ4v) is 1.79. The second-order valence-electron chi connectivity index (χ2n) is 3.37. The third kappa shape index (κ3) is 2.06. The minimum absolute atomic E-state index is 0.0685. The summed E-state index contributed by atoms with van der Waals surface area (Å²) < 4.78 is 0. The Morgan fingerprint density at radius 2 is 2.25 bits per heavy atom. The van der Waals surface area contributed by atoms with Crippen molar-refractivity contribution in [3.8, 4) is 0 Å². The maximum atomic E-state index is 11.2. The number of nitrogens with one attached hydrogen (secondary N) is 1. The molecule has 1 saturated carbocycles. The number of rotatable bonds is 2. The molecule has 0 spiro atoms. The van der Waals surface area contributed by atoms with Crippen molar-refractivity contribution in [3.63, 3.8) is 0 Å². The van der Waals surface area contributed by atoms with E-state index in [1.54, 1.807) is 7.05 Å². The van der Waals surface area contributed by atoms with Crippen LogP contribution < -0.4 is 5.32 Å². The lowest BCUT2D eigenvalue weighted by Gasteiger charge is -2.24. The van der Waals surface area contributed by atoms with E-state index in [-0.39, 0.29) is 17.7 Å². The Kier molecular flexibility index (Phi) is 3.26. The highest BCUT2D eigenvalue weighted by Gasteiger charge is 2.25. The summed E-state index contributed by atoms with van der Waals surface area (Å²) in [7, 11) is 1.65. The average Bonchev–Trinajstić information content (AvgIpc) is 2.17. The van der Waals surface area contributed by atoms with E-state index in [9.17, 15) is 9.59 Å². The van der Waals surface area contributed by atoms with Crippen LogP contribution in [0.15, 0.2) is 0 Å². The molecule has 0 aliphatic heterocycles. The van der Waals surface area contributed by atoms with E-state index in [0.29, 0.717) is 0 Å². The van der Waals surface area contributed by atoms with E-state index < -0.39 is 0 Å². The maximum Gasteiger partial charge on any atom is 0.222 e. The summed E-state index contributed by atoms with van der Waals surface area (Å²) >= 11 is 0. The number of aldehydes is 1. The molecule has 1 rings (SSSR count). The molecule has 2 atom stereocenters. The fraction of sp³-hybridized carbons (Fsp3) is 0.778. The molecule has 0 heterocycles. The lowest BCUT2D eigenvalue weighted by atomic mass is 9.82. The van der Waals surface area contributed by atoms with Gasteiger partial charge in [-0.25, -0.2) is 0 Å². The minimum Gasteiger partial charge on any atom is -0.359 e. The van der Waals surface area contributed by atoms with Gasteiger partial charge >= 0.3 is 0 Å². The zero-order valence-electron chi connectivity index (χ0n) is 7.38. The monoisotopic (exact) mass is 169 g/mol. The van der Waals surface area contributed by atoms with E-state index in [1.807, 2.05) is 0 Å². The van der Waals surface area contributed by atoms with Gasteiger partial charge in [0.1, 0.15) is 6.29 Å². The molecule has 0 aromatic carbocycles. The number of hydrogen-bond acceptors (Lipinski definition) is 2. The molecule has 12 heavy (non-hydrogen) atoms. The molecule has 1 amide bonds. The van der Waals surface area contributed by atoms with Gasteiger partial charge in [0.05, 0.1) is 0 Å². The first kappa shape index (κ1) is 9.23. The van der Waals surface area contributed by atoms with Crippen LogP contribution in [0.3, 0.4) is 0 Å². The van der Waals surface area contributed by atoms with E-state index in [1.165, 1.54) is 0 Å². The molecule has 1 aliphatic carbocycles. The van der Waals surface area contributed by atoms with Crippen LogP contribution in [0, 0.1) is 11.8 Å². The van der Waals surface area contributed by atoms with Gasteiger partial charge < -0.3 is 10.1 Å². The first-order valence-corrected chi connectivity index (χ1v) is 4.44. The van der Waals surface area contributed by atoms with Crippen molar-refractivity contribution in [2.24, 2.45) is 11.8 Å². The van der Waals surface area contributed by atoms with E-state index in [4.69, 9.17) is 0 Å². The number of amides is 1. The lowest BCUT2D eigenvalue weighted by molar-refractivity contribution is -0.126. The van der Waals surface area contributed by atoms with Crippen LogP contribution in [0.4, 0.5) is 0 Å². The Morgan fingerprint density at radius 3 is 2.83 bits per heavy atom. The summed E-state index contributed by atoms with van der Waals surface area (Å²) in [4.78, 5) is 21.7. The summed E-state index contributed by atoms with van der Waals surface area (Å²) in [5.74, 6) is 0.265. The lowest BCUT2D eigenvalue weighted by Crippen LogP contribution is -2.31. The molecule has 0 aromatic rings. The molecule has 68 valence electrons. The summed E-state index contributed by atoms with van der Waals surface area (Å²) in [6.07, 6.45) is 4.61. The maximum absolute atomic E-state index is 11.2. The molecule has 3 nitrogen and oxygen atoms in total. The Bertz CT molecular complexity index is 179. The quantitative estimate of drug-likeness (QED) is 0.620. The Morgan fingerprint density at radius 1 is 1.50 bits per heavy atom. The molecule has 2 unspecified atom stereocenters. The Hall–Kier alpha value is -0.860. The van der Waals surface area contributed by atoms with Gasteiger partial charge in [-0.1, -0.05) is 6.42 Å².